The Morgan fingerprint density at radius 3 is 2.71 bits per heavy atom. The van der Waals surface area contributed by atoms with E-state index in [9.17, 15) is 18.7 Å². The number of esters is 1. The number of hydrogen-bond acceptors (Lipinski definition) is 4. The summed E-state index contributed by atoms with van der Waals surface area (Å²) in [6.45, 7) is 6.59. The van der Waals surface area contributed by atoms with Crippen LogP contribution in [-0.2, 0) is 9.53 Å². The maximum absolute atomic E-state index is 15.0. The molecule has 2 fully saturated rings. The lowest BCUT2D eigenvalue weighted by atomic mass is 9.54. The number of halogens is 2. The van der Waals surface area contributed by atoms with Gasteiger partial charge in [-0.25, -0.2) is 8.78 Å². The molecule has 1 saturated carbocycles. The average Bonchev–Trinajstić information content (AvgIpc) is 2.87. The molecule has 28 heavy (non-hydrogen) atoms. The van der Waals surface area contributed by atoms with E-state index in [-0.39, 0.29) is 0 Å². The molecule has 1 aliphatic heterocycles. The fraction of sp³-hybridized carbons (Fsp3) is 0.545. The molecule has 0 aromatic carbocycles. The van der Waals surface area contributed by atoms with E-state index in [0.29, 0.717) is 5.69 Å². The van der Waals surface area contributed by atoms with Crippen LogP contribution in [0, 0.1) is 41.9 Å². The van der Waals surface area contributed by atoms with Gasteiger partial charge in [0, 0.05) is 24.5 Å². The first kappa shape index (κ1) is 20.5. The highest BCUT2D eigenvalue weighted by molar-refractivity contribution is 5.82. The van der Waals surface area contributed by atoms with E-state index in [1.807, 2.05) is 19.1 Å². The second-order valence-electron chi connectivity index (χ2n) is 7.90. The highest BCUT2D eigenvalue weighted by Crippen LogP contribution is 2.60. The zero-order valence-corrected chi connectivity index (χ0v) is 16.4. The first-order valence-corrected chi connectivity index (χ1v) is 9.43. The lowest BCUT2D eigenvalue weighted by molar-refractivity contribution is -0.184. The van der Waals surface area contributed by atoms with E-state index < -0.39 is 53.7 Å². The summed E-state index contributed by atoms with van der Waals surface area (Å²) >= 11 is 0. The maximum Gasteiger partial charge on any atom is 0.316 e. The minimum Gasteiger partial charge on any atom is -0.462 e. The number of carbonyl (C=O) groups excluding carboxylic acids is 1. The highest BCUT2D eigenvalue weighted by Gasteiger charge is 2.70. The standard InChI is InChI=1S/C22H25F2NO3/c1-5-6-18(26)21-12-22(23,24)14(3)17(19(21)15(4)28-20(21)27)10-9-16-8-7-13(2)11-25-16/h7-11,14-15,17-19,26H,12H2,1-4H3/b10-9+/t14-,15+,17-,18?,19-,21-/m0/s1. The van der Waals surface area contributed by atoms with Gasteiger partial charge in [-0.1, -0.05) is 25.0 Å². The molecule has 0 amide bonds. The van der Waals surface area contributed by atoms with Crippen LogP contribution in [0.15, 0.2) is 24.4 Å². The molecule has 3 rings (SSSR count). The van der Waals surface area contributed by atoms with Crippen molar-refractivity contribution in [3.63, 3.8) is 0 Å². The minimum absolute atomic E-state index is 0.597. The molecule has 4 nitrogen and oxygen atoms in total. The normalized spacial score (nSPS) is 35.0. The lowest BCUT2D eigenvalue weighted by Gasteiger charge is -2.48. The number of nitrogens with zero attached hydrogens (tertiary/aromatic N) is 1. The van der Waals surface area contributed by atoms with Crippen molar-refractivity contribution in [2.24, 2.45) is 23.2 Å². The number of cyclic esters (lactones) is 1. The number of pyridine rings is 1. The minimum atomic E-state index is -3.15. The van der Waals surface area contributed by atoms with Crippen LogP contribution in [0.25, 0.3) is 6.08 Å². The van der Waals surface area contributed by atoms with Gasteiger partial charge in [0.15, 0.2) is 0 Å². The molecule has 0 radical (unpaired) electrons. The number of aromatic nitrogens is 1. The van der Waals surface area contributed by atoms with Crippen LogP contribution in [0.5, 0.6) is 0 Å². The molecule has 150 valence electrons. The van der Waals surface area contributed by atoms with Crippen molar-refractivity contribution in [1.82, 2.24) is 4.98 Å². The molecule has 2 aliphatic rings. The zero-order chi connectivity index (χ0) is 20.7. The molecule has 1 N–H and O–H groups in total. The summed E-state index contributed by atoms with van der Waals surface area (Å²) in [5.41, 5.74) is -0.101. The van der Waals surface area contributed by atoms with Crippen molar-refractivity contribution in [2.45, 2.75) is 52.2 Å². The molecule has 2 heterocycles. The number of carbonyl (C=O) groups is 1. The predicted molar refractivity (Wildman–Crippen MR) is 101 cm³/mol. The molecule has 1 aliphatic carbocycles. The van der Waals surface area contributed by atoms with Crippen LogP contribution in [0.4, 0.5) is 8.78 Å². The van der Waals surface area contributed by atoms with E-state index in [0.717, 1.165) is 5.56 Å². The first-order chi connectivity index (χ1) is 13.1. The van der Waals surface area contributed by atoms with Crippen molar-refractivity contribution in [3.8, 4) is 11.8 Å². The highest BCUT2D eigenvalue weighted by atomic mass is 19.3. The zero-order valence-electron chi connectivity index (χ0n) is 16.4. The Hall–Kier alpha value is -2.26. The van der Waals surface area contributed by atoms with Gasteiger partial charge in [-0.3, -0.25) is 9.78 Å². The monoisotopic (exact) mass is 389 g/mol. The van der Waals surface area contributed by atoms with Gasteiger partial charge in [-0.15, -0.1) is 5.92 Å². The number of hydrogen-bond donors (Lipinski definition) is 1. The first-order valence-electron chi connectivity index (χ1n) is 9.43. The Kier molecular flexibility index (Phi) is 5.33. The van der Waals surface area contributed by atoms with Crippen LogP contribution < -0.4 is 0 Å². The average molecular weight is 389 g/mol. The Balaban J connectivity index is 2.07. The van der Waals surface area contributed by atoms with Crippen molar-refractivity contribution < 1.29 is 23.4 Å². The Morgan fingerprint density at radius 2 is 2.11 bits per heavy atom. The van der Waals surface area contributed by atoms with Crippen molar-refractivity contribution >= 4 is 12.0 Å². The van der Waals surface area contributed by atoms with Crippen LogP contribution >= 0.6 is 0 Å². The van der Waals surface area contributed by atoms with Gasteiger partial charge in [0.05, 0.1) is 5.69 Å². The number of fused-ring (bicyclic) bond motifs is 1. The molecule has 6 heteroatoms. The van der Waals surface area contributed by atoms with Gasteiger partial charge in [-0.2, -0.15) is 0 Å². The van der Waals surface area contributed by atoms with Crippen LogP contribution in [-0.4, -0.2) is 34.2 Å². The molecular formula is C22H25F2NO3. The van der Waals surface area contributed by atoms with E-state index in [1.165, 1.54) is 13.8 Å². The number of rotatable bonds is 3. The summed E-state index contributed by atoms with van der Waals surface area (Å²) in [6.07, 6.45) is 2.21. The van der Waals surface area contributed by atoms with Crippen molar-refractivity contribution in [3.05, 3.63) is 35.7 Å². The van der Waals surface area contributed by atoms with Gasteiger partial charge in [0.2, 0.25) is 0 Å². The summed E-state index contributed by atoms with van der Waals surface area (Å²) < 4.78 is 35.4. The van der Waals surface area contributed by atoms with E-state index in [2.05, 4.69) is 16.8 Å². The van der Waals surface area contributed by atoms with Crippen LogP contribution in [0.1, 0.15) is 38.4 Å². The second kappa shape index (κ2) is 7.29. The molecule has 0 spiro atoms. The van der Waals surface area contributed by atoms with Gasteiger partial charge >= 0.3 is 5.97 Å². The lowest BCUT2D eigenvalue weighted by Crippen LogP contribution is -2.58. The third-order valence-corrected chi connectivity index (χ3v) is 6.15. The molecule has 1 unspecified atom stereocenters. The van der Waals surface area contributed by atoms with Gasteiger partial charge in [0.25, 0.3) is 5.92 Å². The Labute approximate surface area is 164 Å². The van der Waals surface area contributed by atoms with Gasteiger partial charge < -0.3 is 9.84 Å². The number of allylic oxidation sites excluding steroid dienone is 1. The summed E-state index contributed by atoms with van der Waals surface area (Å²) in [5, 5.41) is 10.6. The smallest absolute Gasteiger partial charge is 0.316 e. The predicted octanol–water partition coefficient (Wildman–Crippen LogP) is 3.63. The number of aryl methyl sites for hydroxylation is 1. The molecule has 1 aromatic heterocycles. The summed E-state index contributed by atoms with van der Waals surface area (Å²) in [5.74, 6) is -1.19. The topological polar surface area (TPSA) is 59.4 Å². The largest absolute Gasteiger partial charge is 0.462 e. The number of aliphatic hydroxyl groups is 1. The van der Waals surface area contributed by atoms with Crippen LogP contribution in [0.2, 0.25) is 0 Å². The third kappa shape index (κ3) is 3.22. The van der Waals surface area contributed by atoms with E-state index in [4.69, 9.17) is 4.74 Å². The van der Waals surface area contributed by atoms with E-state index in [1.54, 1.807) is 25.3 Å². The van der Waals surface area contributed by atoms with Gasteiger partial charge in [0.1, 0.15) is 17.6 Å². The summed E-state index contributed by atoms with van der Waals surface area (Å²) in [4.78, 5) is 17.0. The summed E-state index contributed by atoms with van der Waals surface area (Å²) in [6, 6.07) is 3.70. The molecule has 1 saturated heterocycles. The SMILES string of the molecule is CC#CC(O)[C@@]12CC(F)(F)[C@@H](C)[C@H](/C=C/c3ccc(C)cn3)[C@@H]1[C@@H](C)OC2=O. The molecule has 1 aromatic rings. The van der Waals surface area contributed by atoms with Crippen LogP contribution in [0.3, 0.4) is 0 Å². The fourth-order valence-electron chi connectivity index (χ4n) is 4.63. The Morgan fingerprint density at radius 1 is 1.39 bits per heavy atom. The second-order valence-corrected chi connectivity index (χ2v) is 7.90. The fourth-order valence-corrected chi connectivity index (χ4v) is 4.63. The third-order valence-electron chi connectivity index (χ3n) is 6.15. The Bertz CT molecular complexity index is 840. The van der Waals surface area contributed by atoms with Gasteiger partial charge in [-0.05, 0) is 44.4 Å². The van der Waals surface area contributed by atoms with Crippen molar-refractivity contribution in [2.75, 3.05) is 0 Å². The molecule has 0 bridgehead atoms. The quantitative estimate of drug-likeness (QED) is 0.634. The molecular weight excluding hydrogens is 364 g/mol. The molecule has 6 atom stereocenters. The van der Waals surface area contributed by atoms with E-state index >= 15 is 0 Å². The summed E-state index contributed by atoms with van der Waals surface area (Å²) in [7, 11) is 0. The van der Waals surface area contributed by atoms with Crippen molar-refractivity contribution in [1.29, 1.82) is 0 Å². The number of ether oxygens (including phenoxy) is 1. The number of alkyl halides is 2. The maximum atomic E-state index is 15.0. The number of aliphatic hydroxyl groups excluding tert-OH is 1.